The molecule has 1 saturated heterocycles. The molecule has 2 heterocycles. The van der Waals surface area contributed by atoms with Crippen LogP contribution in [0, 0.1) is 0 Å². The van der Waals surface area contributed by atoms with Crippen LogP contribution in [0.15, 0.2) is 60.7 Å². The van der Waals surface area contributed by atoms with Gasteiger partial charge in [-0.05, 0) is 54.3 Å². The van der Waals surface area contributed by atoms with E-state index < -0.39 is 17.9 Å². The maximum atomic E-state index is 12.8. The summed E-state index contributed by atoms with van der Waals surface area (Å²) in [4.78, 5) is 14.7. The number of hydrogen-bond donors (Lipinski definition) is 4. The maximum absolute atomic E-state index is 12.8. The van der Waals surface area contributed by atoms with Gasteiger partial charge in [0.25, 0.3) is 0 Å². The molecule has 0 saturated carbocycles. The molecule has 0 radical (unpaired) electrons. The summed E-state index contributed by atoms with van der Waals surface area (Å²) in [7, 11) is 0. The molecule has 194 valence electrons. The van der Waals surface area contributed by atoms with Gasteiger partial charge in [-0.3, -0.25) is 4.79 Å². The van der Waals surface area contributed by atoms with Crippen LogP contribution >= 0.6 is 0 Å². The zero-order valence-electron chi connectivity index (χ0n) is 20.9. The second-order valence-corrected chi connectivity index (χ2v) is 10.2. The molecule has 0 amide bonds. The third kappa shape index (κ3) is 4.89. The number of phenolic OH excluding ortho intramolecular Hbond substituents is 3. The number of unbranched alkanes of at least 4 members (excludes halogenated alkanes) is 1. The molecule has 3 atom stereocenters. The first-order chi connectivity index (χ1) is 17.8. The van der Waals surface area contributed by atoms with Gasteiger partial charge in [0, 0.05) is 30.5 Å². The summed E-state index contributed by atoms with van der Waals surface area (Å²) in [6.07, 6.45) is 2.06. The number of nitrogens with zero attached hydrogens (tertiary/aromatic N) is 1. The van der Waals surface area contributed by atoms with Crippen LogP contribution in [0.3, 0.4) is 0 Å². The number of carbonyl (C=O) groups excluding carboxylic acids is 1. The quantitative estimate of drug-likeness (QED) is 0.336. The van der Waals surface area contributed by atoms with Gasteiger partial charge < -0.3 is 30.1 Å². The molecule has 0 spiro atoms. The molecule has 0 aromatic heterocycles. The van der Waals surface area contributed by atoms with E-state index in [1.807, 2.05) is 29.2 Å². The summed E-state index contributed by atoms with van der Waals surface area (Å²) in [5, 5.41) is 43.0. The summed E-state index contributed by atoms with van der Waals surface area (Å²) in [6.45, 7) is 2.23. The first kappa shape index (κ1) is 25.1. The number of aromatic hydroxyl groups is 3. The molecule has 37 heavy (non-hydrogen) atoms. The summed E-state index contributed by atoms with van der Waals surface area (Å²) in [5.41, 5.74) is 2.13. The summed E-state index contributed by atoms with van der Waals surface area (Å²) >= 11 is 0. The first-order valence-corrected chi connectivity index (χ1v) is 12.9. The molecular formula is C30H33NO6. The van der Waals surface area contributed by atoms with Crippen molar-refractivity contribution < 1.29 is 30.0 Å². The molecular weight excluding hydrogens is 470 g/mol. The van der Waals surface area contributed by atoms with E-state index in [0.717, 1.165) is 36.1 Å². The van der Waals surface area contributed by atoms with Gasteiger partial charge in [-0.1, -0.05) is 43.7 Å². The number of carbonyl (C=O) groups is 1. The van der Waals surface area contributed by atoms with Crippen LogP contribution in [0.5, 0.6) is 17.2 Å². The number of phenols is 3. The van der Waals surface area contributed by atoms with Crippen LogP contribution < -0.4 is 4.90 Å². The number of hydrogen-bond acceptors (Lipinski definition) is 7. The summed E-state index contributed by atoms with van der Waals surface area (Å²) < 4.78 is 6.29. The number of Topliss-reactive ketones (excluding diaryl/α,β-unsaturated/α-hetero) is 1. The molecule has 2 aliphatic rings. The van der Waals surface area contributed by atoms with Crippen molar-refractivity contribution in [2.75, 3.05) is 4.90 Å². The fourth-order valence-corrected chi connectivity index (χ4v) is 5.65. The van der Waals surface area contributed by atoms with Crippen LogP contribution in [0.1, 0.15) is 54.9 Å². The highest BCUT2D eigenvalue weighted by molar-refractivity contribution is 5.81. The predicted molar refractivity (Wildman–Crippen MR) is 140 cm³/mol. The van der Waals surface area contributed by atoms with Crippen molar-refractivity contribution in [3.05, 3.63) is 82.9 Å². The molecule has 3 aromatic rings. The average molecular weight is 504 g/mol. The lowest BCUT2D eigenvalue weighted by molar-refractivity contribution is -0.121. The second-order valence-electron chi connectivity index (χ2n) is 10.2. The third-order valence-electron chi connectivity index (χ3n) is 7.41. The average Bonchev–Trinajstić information content (AvgIpc) is 3.29. The van der Waals surface area contributed by atoms with Crippen molar-refractivity contribution in [2.45, 2.75) is 69.9 Å². The molecule has 5 rings (SSSR count). The Labute approximate surface area is 216 Å². The molecule has 2 aliphatic heterocycles. The van der Waals surface area contributed by atoms with E-state index in [9.17, 15) is 25.2 Å². The normalized spacial score (nSPS) is 22.2. The Morgan fingerprint density at radius 3 is 2.51 bits per heavy atom. The van der Waals surface area contributed by atoms with Gasteiger partial charge in [-0.2, -0.15) is 0 Å². The van der Waals surface area contributed by atoms with Crippen LogP contribution in [0.2, 0.25) is 0 Å². The summed E-state index contributed by atoms with van der Waals surface area (Å²) in [6, 6.07) is 17.5. The Hall–Kier alpha value is -3.55. The predicted octanol–water partition coefficient (Wildman–Crippen LogP) is 4.67. The number of aliphatic hydroxyl groups is 1. The Bertz CT molecular complexity index is 1280. The van der Waals surface area contributed by atoms with E-state index in [4.69, 9.17) is 4.74 Å². The smallest absolute Gasteiger partial charge is 0.164 e. The van der Waals surface area contributed by atoms with Crippen molar-refractivity contribution in [1.82, 2.24) is 0 Å². The van der Waals surface area contributed by atoms with Gasteiger partial charge in [0.15, 0.2) is 6.23 Å². The second kappa shape index (κ2) is 10.1. The molecule has 7 heteroatoms. The van der Waals surface area contributed by atoms with Crippen molar-refractivity contribution in [1.29, 1.82) is 0 Å². The van der Waals surface area contributed by atoms with Crippen molar-refractivity contribution in [2.24, 2.45) is 0 Å². The van der Waals surface area contributed by atoms with Crippen LogP contribution in [-0.2, 0) is 34.5 Å². The van der Waals surface area contributed by atoms with E-state index >= 15 is 0 Å². The fourth-order valence-electron chi connectivity index (χ4n) is 5.65. The van der Waals surface area contributed by atoms with Crippen molar-refractivity contribution in [3.63, 3.8) is 0 Å². The van der Waals surface area contributed by atoms with Crippen LogP contribution in [0.25, 0.3) is 0 Å². The largest absolute Gasteiger partial charge is 0.508 e. The van der Waals surface area contributed by atoms with Crippen molar-refractivity contribution in [3.8, 4) is 17.2 Å². The summed E-state index contributed by atoms with van der Waals surface area (Å²) in [5.74, 6) is 0.0881. The standard InChI is InChI=1S/C30H33NO6/c1-2-3-7-20-14-27(34)24(28(35)15-20)18-31-26-11-5-4-10-25(26)30(36)17-23(37-29(30)31)16-22(33)13-19-8-6-9-21(32)12-19/h4-6,8-12,14-15,23,29,32,34-36H,2-3,7,13,16-18H2,1H3. The van der Waals surface area contributed by atoms with E-state index in [0.29, 0.717) is 11.1 Å². The third-order valence-corrected chi connectivity index (χ3v) is 7.41. The molecule has 0 bridgehead atoms. The van der Waals surface area contributed by atoms with Crippen LogP contribution in [0.4, 0.5) is 5.69 Å². The highest BCUT2D eigenvalue weighted by atomic mass is 16.5. The van der Waals surface area contributed by atoms with Gasteiger partial charge in [-0.15, -0.1) is 0 Å². The van der Waals surface area contributed by atoms with Crippen molar-refractivity contribution >= 4 is 11.5 Å². The highest BCUT2D eigenvalue weighted by Crippen LogP contribution is 2.53. The maximum Gasteiger partial charge on any atom is 0.164 e. The van der Waals surface area contributed by atoms with Gasteiger partial charge in [0.2, 0.25) is 0 Å². The number of aryl methyl sites for hydroxylation is 1. The van der Waals surface area contributed by atoms with E-state index in [2.05, 4.69) is 6.92 Å². The van der Waals surface area contributed by atoms with Gasteiger partial charge in [-0.25, -0.2) is 0 Å². The zero-order chi connectivity index (χ0) is 26.2. The minimum atomic E-state index is -1.32. The molecule has 3 aromatic carbocycles. The minimum absolute atomic E-state index is 0.00913. The Kier molecular flexibility index (Phi) is 6.84. The number of anilines is 1. The zero-order valence-corrected chi connectivity index (χ0v) is 20.9. The molecule has 4 N–H and O–H groups in total. The lowest BCUT2D eigenvalue weighted by Crippen LogP contribution is -2.41. The highest BCUT2D eigenvalue weighted by Gasteiger charge is 2.57. The molecule has 0 aliphatic carbocycles. The first-order valence-electron chi connectivity index (χ1n) is 12.9. The number of para-hydroxylation sites is 1. The van der Waals surface area contributed by atoms with E-state index in [1.165, 1.54) is 0 Å². The molecule has 3 unspecified atom stereocenters. The lowest BCUT2D eigenvalue weighted by Gasteiger charge is -2.29. The van der Waals surface area contributed by atoms with Gasteiger partial charge in [0.05, 0.1) is 18.2 Å². The van der Waals surface area contributed by atoms with Gasteiger partial charge >= 0.3 is 0 Å². The van der Waals surface area contributed by atoms with Crippen LogP contribution in [-0.4, -0.2) is 38.5 Å². The number of fused-ring (bicyclic) bond motifs is 3. The van der Waals surface area contributed by atoms with Gasteiger partial charge in [0.1, 0.15) is 28.6 Å². The lowest BCUT2D eigenvalue weighted by atomic mass is 9.89. The Morgan fingerprint density at radius 2 is 1.78 bits per heavy atom. The van der Waals surface area contributed by atoms with E-state index in [-0.39, 0.29) is 48.8 Å². The SMILES string of the molecule is CCCCc1cc(O)c(CN2c3ccccc3C3(O)CC(CC(=O)Cc4cccc(O)c4)OC23)c(O)c1. The Morgan fingerprint density at radius 1 is 1.03 bits per heavy atom. The number of ketones is 1. The minimum Gasteiger partial charge on any atom is -0.508 e. The fraction of sp³-hybridized carbons (Fsp3) is 0.367. The number of rotatable bonds is 9. The number of ether oxygens (including phenoxy) is 1. The molecule has 7 nitrogen and oxygen atoms in total. The molecule has 1 fully saturated rings. The Balaban J connectivity index is 1.36. The monoisotopic (exact) mass is 503 g/mol. The number of benzene rings is 3. The topological polar surface area (TPSA) is 110 Å². The van der Waals surface area contributed by atoms with E-state index in [1.54, 1.807) is 36.4 Å².